The number of Topliss-reactive ketones (excluding diaryl/α,β-unsaturated/α-hetero) is 1. The molecule has 2 aromatic rings. The lowest BCUT2D eigenvalue weighted by molar-refractivity contribution is 0.0992. The largest absolute Gasteiger partial charge is 0.294 e. The van der Waals surface area contributed by atoms with Crippen LogP contribution in [0.3, 0.4) is 0 Å². The Hall–Kier alpha value is -1.67. The Morgan fingerprint density at radius 1 is 1.14 bits per heavy atom. The summed E-state index contributed by atoms with van der Waals surface area (Å²) in [5.41, 5.74) is 2.04. The van der Waals surface area contributed by atoms with Gasteiger partial charge in [-0.1, -0.05) is 55.8 Å². The number of benzene rings is 2. The van der Waals surface area contributed by atoms with Crippen molar-refractivity contribution in [2.75, 3.05) is 0 Å². The van der Waals surface area contributed by atoms with Crippen LogP contribution in [0.25, 0.3) is 0 Å². The minimum atomic E-state index is -0.438. The van der Waals surface area contributed by atoms with E-state index in [9.17, 15) is 9.18 Å². The Morgan fingerprint density at radius 3 is 2.38 bits per heavy atom. The first-order valence-corrected chi connectivity index (χ1v) is 7.40. The van der Waals surface area contributed by atoms with Gasteiger partial charge in [-0.25, -0.2) is 4.39 Å². The van der Waals surface area contributed by atoms with Gasteiger partial charge in [0, 0.05) is 22.6 Å². The molecule has 0 saturated carbocycles. The van der Waals surface area contributed by atoms with Crippen molar-refractivity contribution in [3.8, 4) is 0 Å². The Labute approximate surface area is 129 Å². The average Bonchev–Trinajstić information content (AvgIpc) is 2.43. The lowest BCUT2D eigenvalue weighted by Crippen LogP contribution is -2.06. The highest BCUT2D eigenvalue weighted by atomic mass is 35.5. The van der Waals surface area contributed by atoms with Gasteiger partial charge < -0.3 is 0 Å². The molecule has 0 saturated heterocycles. The van der Waals surface area contributed by atoms with Crippen LogP contribution >= 0.6 is 11.6 Å². The van der Waals surface area contributed by atoms with E-state index < -0.39 is 5.82 Å². The highest BCUT2D eigenvalue weighted by Crippen LogP contribution is 2.21. The van der Waals surface area contributed by atoms with Crippen LogP contribution in [0, 0.1) is 11.7 Å². The maximum Gasteiger partial charge on any atom is 0.167 e. The van der Waals surface area contributed by atoms with Crippen LogP contribution < -0.4 is 0 Å². The summed E-state index contributed by atoms with van der Waals surface area (Å²) in [6.07, 6.45) is 0.961. The van der Waals surface area contributed by atoms with Gasteiger partial charge in [0.25, 0.3) is 0 Å². The number of rotatable bonds is 5. The Morgan fingerprint density at radius 2 is 1.81 bits per heavy atom. The zero-order valence-corrected chi connectivity index (χ0v) is 13.0. The fourth-order valence-electron chi connectivity index (χ4n) is 2.26. The third kappa shape index (κ3) is 4.15. The molecule has 0 fully saturated rings. The fraction of sp³-hybridized carbons (Fsp3) is 0.278. The molecule has 21 heavy (non-hydrogen) atoms. The van der Waals surface area contributed by atoms with Crippen molar-refractivity contribution in [3.05, 3.63) is 70.0 Å². The van der Waals surface area contributed by atoms with Crippen molar-refractivity contribution in [2.24, 2.45) is 5.92 Å². The van der Waals surface area contributed by atoms with Crippen LogP contribution in [-0.2, 0) is 12.8 Å². The molecule has 1 nitrogen and oxygen atoms in total. The van der Waals surface area contributed by atoms with Gasteiger partial charge in [0.1, 0.15) is 5.82 Å². The zero-order valence-electron chi connectivity index (χ0n) is 12.2. The van der Waals surface area contributed by atoms with E-state index in [0.29, 0.717) is 16.5 Å². The van der Waals surface area contributed by atoms with Crippen molar-refractivity contribution in [1.29, 1.82) is 0 Å². The van der Waals surface area contributed by atoms with Gasteiger partial charge in [-0.15, -0.1) is 0 Å². The topological polar surface area (TPSA) is 17.1 Å². The van der Waals surface area contributed by atoms with Crippen molar-refractivity contribution in [2.45, 2.75) is 26.7 Å². The van der Waals surface area contributed by atoms with Crippen molar-refractivity contribution < 1.29 is 9.18 Å². The van der Waals surface area contributed by atoms with E-state index in [2.05, 4.69) is 13.8 Å². The molecule has 2 aromatic carbocycles. The molecule has 0 aliphatic carbocycles. The maximum absolute atomic E-state index is 13.7. The van der Waals surface area contributed by atoms with Crippen LogP contribution in [0.1, 0.15) is 35.3 Å². The second-order valence-electron chi connectivity index (χ2n) is 5.60. The lowest BCUT2D eigenvalue weighted by atomic mass is 9.98. The Balaban J connectivity index is 2.13. The molecule has 2 rings (SSSR count). The predicted octanol–water partition coefficient (Wildman–Crippen LogP) is 5.10. The monoisotopic (exact) mass is 304 g/mol. The molecule has 110 valence electrons. The predicted molar refractivity (Wildman–Crippen MR) is 84.4 cm³/mol. The third-order valence-electron chi connectivity index (χ3n) is 3.32. The number of hydrogen-bond acceptors (Lipinski definition) is 1. The minimum absolute atomic E-state index is 0.0188. The molecule has 0 spiro atoms. The summed E-state index contributed by atoms with van der Waals surface area (Å²) in [4.78, 5) is 12.2. The number of ketones is 1. The molecule has 0 heterocycles. The highest BCUT2D eigenvalue weighted by Gasteiger charge is 2.13. The number of carbonyl (C=O) groups excluding carboxylic acids is 1. The van der Waals surface area contributed by atoms with E-state index in [1.807, 2.05) is 12.1 Å². The fourth-order valence-corrected chi connectivity index (χ4v) is 2.49. The normalized spacial score (nSPS) is 10.9. The second-order valence-corrected chi connectivity index (χ2v) is 6.00. The van der Waals surface area contributed by atoms with Gasteiger partial charge in [-0.05, 0) is 30.0 Å². The van der Waals surface area contributed by atoms with E-state index in [0.717, 1.165) is 6.42 Å². The summed E-state index contributed by atoms with van der Waals surface area (Å²) >= 11 is 5.95. The molecular weight excluding hydrogens is 287 g/mol. The van der Waals surface area contributed by atoms with E-state index >= 15 is 0 Å². The van der Waals surface area contributed by atoms with Gasteiger partial charge in [0.15, 0.2) is 5.78 Å². The first kappa shape index (κ1) is 15.7. The smallest absolute Gasteiger partial charge is 0.167 e. The van der Waals surface area contributed by atoms with Gasteiger partial charge >= 0.3 is 0 Å². The zero-order chi connectivity index (χ0) is 15.4. The van der Waals surface area contributed by atoms with E-state index in [1.165, 1.54) is 17.7 Å². The van der Waals surface area contributed by atoms with Crippen molar-refractivity contribution in [3.63, 3.8) is 0 Å². The molecule has 0 radical (unpaired) electrons. The van der Waals surface area contributed by atoms with Gasteiger partial charge in [-0.3, -0.25) is 4.79 Å². The Bertz CT molecular complexity index is 612. The standard InChI is InChI=1S/C18H18ClFO/c1-12(2)10-13-6-8-14(9-7-13)18(21)11-15-16(19)4-3-5-17(15)20/h3-9,12H,10-11H2,1-2H3. The SMILES string of the molecule is CC(C)Cc1ccc(C(=O)Cc2c(F)cccc2Cl)cc1. The molecule has 3 heteroatoms. The van der Waals surface area contributed by atoms with Crippen LogP contribution in [-0.4, -0.2) is 5.78 Å². The van der Waals surface area contributed by atoms with Crippen LogP contribution in [0.2, 0.25) is 5.02 Å². The Kier molecular flexibility index (Phi) is 5.13. The minimum Gasteiger partial charge on any atom is -0.294 e. The van der Waals surface area contributed by atoms with E-state index in [4.69, 9.17) is 11.6 Å². The van der Waals surface area contributed by atoms with Crippen LogP contribution in [0.4, 0.5) is 4.39 Å². The molecule has 0 aliphatic heterocycles. The molecule has 0 aliphatic rings. The summed E-state index contributed by atoms with van der Waals surface area (Å²) in [6.45, 7) is 4.30. The summed E-state index contributed by atoms with van der Waals surface area (Å²) < 4.78 is 13.7. The number of carbonyl (C=O) groups is 1. The molecular formula is C18H18ClFO. The molecule has 0 N–H and O–H groups in total. The first-order valence-electron chi connectivity index (χ1n) is 7.02. The first-order chi connectivity index (χ1) is 9.97. The van der Waals surface area contributed by atoms with Crippen LogP contribution in [0.5, 0.6) is 0 Å². The second kappa shape index (κ2) is 6.86. The summed E-state index contributed by atoms with van der Waals surface area (Å²) in [5.74, 6) is 0.00847. The average molecular weight is 305 g/mol. The summed E-state index contributed by atoms with van der Waals surface area (Å²) in [5, 5.41) is 0.291. The van der Waals surface area contributed by atoms with Crippen molar-refractivity contribution in [1.82, 2.24) is 0 Å². The van der Waals surface area contributed by atoms with Gasteiger partial charge in [-0.2, -0.15) is 0 Å². The maximum atomic E-state index is 13.7. The molecule has 0 bridgehead atoms. The van der Waals surface area contributed by atoms with E-state index in [1.54, 1.807) is 18.2 Å². The number of hydrogen-bond donors (Lipinski definition) is 0. The quantitative estimate of drug-likeness (QED) is 0.702. The molecule has 0 aromatic heterocycles. The molecule has 0 atom stereocenters. The van der Waals surface area contributed by atoms with Gasteiger partial charge in [0.2, 0.25) is 0 Å². The lowest BCUT2D eigenvalue weighted by Gasteiger charge is -2.07. The van der Waals surface area contributed by atoms with E-state index in [-0.39, 0.29) is 17.8 Å². The van der Waals surface area contributed by atoms with Crippen molar-refractivity contribution >= 4 is 17.4 Å². The molecule has 0 unspecified atom stereocenters. The number of halogens is 2. The van der Waals surface area contributed by atoms with Crippen LogP contribution in [0.15, 0.2) is 42.5 Å². The summed E-state index contributed by atoms with van der Waals surface area (Å²) in [7, 11) is 0. The highest BCUT2D eigenvalue weighted by molar-refractivity contribution is 6.31. The third-order valence-corrected chi connectivity index (χ3v) is 3.67. The van der Waals surface area contributed by atoms with Gasteiger partial charge in [0.05, 0.1) is 0 Å². The molecule has 0 amide bonds. The summed E-state index contributed by atoms with van der Waals surface area (Å²) in [6, 6.07) is 12.0.